The number of nitrogens with zero attached hydrogens (tertiary/aromatic N) is 4. The summed E-state index contributed by atoms with van der Waals surface area (Å²) < 4.78 is 35.3. The Morgan fingerprint density at radius 1 is 1.13 bits per heavy atom. The maximum atomic E-state index is 14.3. The molecule has 0 radical (unpaired) electrons. The summed E-state index contributed by atoms with van der Waals surface area (Å²) in [5.41, 5.74) is 2.36. The van der Waals surface area contributed by atoms with E-state index in [4.69, 9.17) is 14.8 Å². The van der Waals surface area contributed by atoms with Crippen LogP contribution in [0, 0.1) is 30.6 Å². The van der Waals surface area contributed by atoms with Crippen molar-refractivity contribution in [1.82, 2.24) is 29.7 Å². The number of sulfonamides is 1. The van der Waals surface area contributed by atoms with Crippen molar-refractivity contribution in [3.63, 3.8) is 0 Å². The van der Waals surface area contributed by atoms with Gasteiger partial charge in [-0.05, 0) is 106 Å². The summed E-state index contributed by atoms with van der Waals surface area (Å²) in [5.74, 6) is -1.06. The van der Waals surface area contributed by atoms with Gasteiger partial charge in [-0.3, -0.25) is 19.1 Å². The van der Waals surface area contributed by atoms with Gasteiger partial charge in [-0.25, -0.2) is 18.1 Å². The first-order chi connectivity index (χ1) is 24.8. The van der Waals surface area contributed by atoms with Gasteiger partial charge >= 0.3 is 0 Å². The second-order valence-electron chi connectivity index (χ2n) is 15.7. The molecule has 5 atom stereocenters. The van der Waals surface area contributed by atoms with Crippen LogP contribution in [-0.2, 0) is 30.8 Å². The molecule has 0 unspecified atom stereocenters. The number of hydrogen-bond donors (Lipinski definition) is 2. The van der Waals surface area contributed by atoms with Gasteiger partial charge in [0.25, 0.3) is 5.91 Å². The van der Waals surface area contributed by atoms with Gasteiger partial charge in [-0.2, -0.15) is 5.10 Å². The summed E-state index contributed by atoms with van der Waals surface area (Å²) in [6.45, 7) is 6.78. The molecule has 4 aliphatic rings. The number of benzene rings is 1. The molecule has 13 heteroatoms. The Bertz CT molecular complexity index is 2040. The van der Waals surface area contributed by atoms with Gasteiger partial charge in [0, 0.05) is 48.5 Å². The molecule has 3 saturated carbocycles. The first-order valence-electron chi connectivity index (χ1n) is 18.6. The van der Waals surface area contributed by atoms with Gasteiger partial charge in [0.05, 0.1) is 23.6 Å². The van der Waals surface area contributed by atoms with E-state index in [0.717, 1.165) is 52.7 Å². The zero-order valence-electron chi connectivity index (χ0n) is 30.7. The van der Waals surface area contributed by atoms with Crippen molar-refractivity contribution in [3.05, 3.63) is 59.4 Å². The third-order valence-corrected chi connectivity index (χ3v) is 13.4. The van der Waals surface area contributed by atoms with Gasteiger partial charge in [0.15, 0.2) is 5.82 Å². The highest BCUT2D eigenvalue weighted by atomic mass is 32.2. The number of carbonyl (C=O) groups excluding carboxylic acids is 3. The Hall–Kier alpha value is -4.26. The number of methoxy groups -OCH3 is 1. The summed E-state index contributed by atoms with van der Waals surface area (Å²) in [4.78, 5) is 48.8. The lowest BCUT2D eigenvalue weighted by molar-refractivity contribution is -0.140. The molecule has 0 saturated heterocycles. The average Bonchev–Trinajstić information content (AvgIpc) is 3.98. The van der Waals surface area contributed by atoms with E-state index in [1.54, 1.807) is 23.7 Å². The van der Waals surface area contributed by atoms with E-state index in [0.29, 0.717) is 50.9 Å². The highest BCUT2D eigenvalue weighted by molar-refractivity contribution is 7.91. The molecule has 1 aliphatic heterocycles. The quantitative estimate of drug-likeness (QED) is 0.316. The van der Waals surface area contributed by atoms with Crippen LogP contribution in [0.1, 0.15) is 88.0 Å². The van der Waals surface area contributed by atoms with Crippen molar-refractivity contribution < 1.29 is 27.5 Å². The van der Waals surface area contributed by atoms with E-state index in [1.807, 2.05) is 43.5 Å². The molecule has 3 amide bonds. The van der Waals surface area contributed by atoms with Crippen LogP contribution >= 0.6 is 0 Å². The fraction of sp³-hybridized carbons (Fsp3) is 0.564. The summed E-state index contributed by atoms with van der Waals surface area (Å²) in [5, 5.41) is 8.22. The maximum Gasteiger partial charge on any atom is 0.259 e. The number of pyridine rings is 1. The third kappa shape index (κ3) is 6.95. The Morgan fingerprint density at radius 2 is 1.90 bits per heavy atom. The number of allylic oxidation sites excluding steroid dienone is 1. The fourth-order valence-corrected chi connectivity index (χ4v) is 9.53. The van der Waals surface area contributed by atoms with Crippen LogP contribution in [0.25, 0.3) is 16.7 Å². The van der Waals surface area contributed by atoms with Gasteiger partial charge < -0.3 is 15.0 Å². The molecule has 7 rings (SSSR count). The number of fused-ring (bicyclic) bond motifs is 3. The lowest BCUT2D eigenvalue weighted by Crippen LogP contribution is -2.54. The molecule has 0 bridgehead atoms. The van der Waals surface area contributed by atoms with Crippen molar-refractivity contribution in [3.8, 4) is 11.6 Å². The topological polar surface area (TPSA) is 153 Å². The Labute approximate surface area is 305 Å². The van der Waals surface area contributed by atoms with Gasteiger partial charge in [-0.1, -0.05) is 26.0 Å². The van der Waals surface area contributed by atoms with Crippen LogP contribution < -0.4 is 14.8 Å². The van der Waals surface area contributed by atoms with Crippen LogP contribution in [0.2, 0.25) is 0 Å². The van der Waals surface area contributed by atoms with E-state index in [1.165, 1.54) is 0 Å². The standard InChI is InChI=1S/C39H50N6O6S/c1-23(2)32-15-17-45(42-32)34-21-26(29-13-14-33(51-5)24(3)35(29)40-34)18-25-19-30-31(20-25)37(47)44(4)16-9-7-6-8-10-27-22-39(27,41-36(30)46)38(48)43-52(49,50)28-11-12-28/h8,10,13-15,17,21,23,25,27-28,30-31H,6-7,9,11-12,16,18-20,22H2,1-5H3,(H,41,46)(H,43,48)/b10-8-/t25-,27-,30-,31-,39-/m1/s1. The molecule has 3 heterocycles. The van der Waals surface area contributed by atoms with Gasteiger partial charge in [-0.15, -0.1) is 0 Å². The van der Waals surface area contributed by atoms with Crippen molar-refractivity contribution in [2.24, 2.45) is 23.7 Å². The first kappa shape index (κ1) is 36.1. The number of nitrogens with one attached hydrogen (secondary N) is 2. The van der Waals surface area contributed by atoms with Crippen molar-refractivity contribution in [2.45, 2.75) is 95.3 Å². The highest BCUT2D eigenvalue weighted by Gasteiger charge is 2.62. The van der Waals surface area contributed by atoms with E-state index < -0.39 is 38.6 Å². The number of carbonyl (C=O) groups is 3. The molecule has 52 heavy (non-hydrogen) atoms. The minimum Gasteiger partial charge on any atom is -0.496 e. The summed E-state index contributed by atoms with van der Waals surface area (Å²) >= 11 is 0. The lowest BCUT2D eigenvalue weighted by atomic mass is 9.93. The van der Waals surface area contributed by atoms with Crippen molar-refractivity contribution in [2.75, 3.05) is 20.7 Å². The normalized spacial score (nSPS) is 27.5. The molecule has 278 valence electrons. The van der Waals surface area contributed by atoms with E-state index in [-0.39, 0.29) is 29.6 Å². The van der Waals surface area contributed by atoms with Crippen LogP contribution in [0.15, 0.2) is 42.6 Å². The van der Waals surface area contributed by atoms with Crippen LogP contribution in [0.3, 0.4) is 0 Å². The minimum absolute atomic E-state index is 0.0200. The third-order valence-electron chi connectivity index (χ3n) is 11.6. The SMILES string of the molecule is COc1ccc2c(C[C@@H]3C[C@H]4C(=O)N[C@]5(C(=O)NS(=O)(=O)C6CC6)C[C@H]5/C=C\CCCCN(C)C(=O)[C@@H]4C3)cc(-n3ccc(C(C)C)n3)nc2c1C. The van der Waals surface area contributed by atoms with Gasteiger partial charge in [0.2, 0.25) is 21.8 Å². The number of ether oxygens (including phenoxy) is 1. The molecular formula is C39H50N6O6S. The second kappa shape index (κ2) is 13.9. The number of aromatic nitrogens is 3. The van der Waals surface area contributed by atoms with Crippen molar-refractivity contribution in [1.29, 1.82) is 0 Å². The van der Waals surface area contributed by atoms with E-state index >= 15 is 0 Å². The zero-order valence-corrected chi connectivity index (χ0v) is 31.5. The Kier molecular flexibility index (Phi) is 9.68. The van der Waals surface area contributed by atoms with Crippen LogP contribution in [-0.4, -0.2) is 77.3 Å². The average molecular weight is 731 g/mol. The largest absolute Gasteiger partial charge is 0.496 e. The number of aryl methyl sites for hydroxylation is 1. The minimum atomic E-state index is -3.81. The fourth-order valence-electron chi connectivity index (χ4n) is 8.17. The summed E-state index contributed by atoms with van der Waals surface area (Å²) in [7, 11) is -0.366. The van der Waals surface area contributed by atoms with E-state index in [2.05, 4.69) is 30.0 Å². The smallest absolute Gasteiger partial charge is 0.259 e. The number of hydrogen-bond acceptors (Lipinski definition) is 8. The maximum absolute atomic E-state index is 14.3. The molecule has 12 nitrogen and oxygen atoms in total. The first-order valence-corrected chi connectivity index (χ1v) is 20.2. The highest BCUT2D eigenvalue weighted by Crippen LogP contribution is 2.48. The molecule has 0 spiro atoms. The van der Waals surface area contributed by atoms with Crippen LogP contribution in [0.5, 0.6) is 5.75 Å². The van der Waals surface area contributed by atoms with Crippen LogP contribution in [0.4, 0.5) is 0 Å². The molecule has 3 aliphatic carbocycles. The lowest BCUT2D eigenvalue weighted by Gasteiger charge is -2.27. The predicted octanol–water partition coefficient (Wildman–Crippen LogP) is 4.73. The Morgan fingerprint density at radius 3 is 2.62 bits per heavy atom. The van der Waals surface area contributed by atoms with Crippen molar-refractivity contribution >= 4 is 38.6 Å². The Balaban J connectivity index is 1.21. The second-order valence-corrected chi connectivity index (χ2v) is 17.6. The molecule has 2 aromatic heterocycles. The number of amides is 3. The number of rotatable bonds is 8. The zero-order chi connectivity index (χ0) is 36.9. The molecule has 1 aromatic carbocycles. The predicted molar refractivity (Wildman–Crippen MR) is 197 cm³/mol. The summed E-state index contributed by atoms with van der Waals surface area (Å²) in [6, 6.07) is 8.02. The van der Waals surface area contributed by atoms with Gasteiger partial charge in [0.1, 0.15) is 11.3 Å². The molecular weight excluding hydrogens is 681 g/mol. The molecule has 2 N–H and O–H groups in total. The van der Waals surface area contributed by atoms with E-state index in [9.17, 15) is 22.8 Å². The summed E-state index contributed by atoms with van der Waals surface area (Å²) in [6.07, 6.45) is 11.2. The molecule has 3 fully saturated rings. The molecule has 3 aromatic rings. The monoisotopic (exact) mass is 730 g/mol.